The van der Waals surface area contributed by atoms with Crippen molar-refractivity contribution in [2.45, 2.75) is 37.8 Å². The first kappa shape index (κ1) is 16.0. The van der Waals surface area contributed by atoms with E-state index in [1.165, 1.54) is 18.4 Å². The number of benzene rings is 2. The van der Waals surface area contributed by atoms with Crippen molar-refractivity contribution in [1.82, 2.24) is 9.55 Å². The number of nitrogens with zero attached hydrogens (tertiary/aromatic N) is 2. The van der Waals surface area contributed by atoms with Gasteiger partial charge in [-0.05, 0) is 61.3 Å². The molecule has 0 bridgehead atoms. The first-order valence-electron chi connectivity index (χ1n) is 9.06. The molecule has 0 amide bonds. The summed E-state index contributed by atoms with van der Waals surface area (Å²) in [6.07, 6.45) is 2.69. The minimum absolute atomic E-state index is 0.00984. The van der Waals surface area contributed by atoms with Crippen LogP contribution < -0.4 is 5.69 Å². The van der Waals surface area contributed by atoms with Gasteiger partial charge in [-0.1, -0.05) is 35.9 Å². The van der Waals surface area contributed by atoms with Gasteiger partial charge in [0.1, 0.15) is 6.17 Å². The Morgan fingerprint density at radius 1 is 1.19 bits per heavy atom. The maximum absolute atomic E-state index is 13.4. The van der Waals surface area contributed by atoms with E-state index in [0.29, 0.717) is 35.2 Å². The van der Waals surface area contributed by atoms with Gasteiger partial charge in [-0.25, -0.2) is 9.18 Å². The number of fused-ring (bicyclic) bond motifs is 1. The molecule has 26 heavy (non-hydrogen) atoms. The number of hydrogen-bond donors (Lipinski definition) is 0. The number of rotatable bonds is 4. The van der Waals surface area contributed by atoms with Crippen molar-refractivity contribution in [1.29, 1.82) is 0 Å². The molecule has 3 nitrogen and oxygen atoms in total. The van der Waals surface area contributed by atoms with Crippen molar-refractivity contribution in [2.24, 2.45) is 5.92 Å². The molecule has 5 heteroatoms. The van der Waals surface area contributed by atoms with Gasteiger partial charge in [0.2, 0.25) is 0 Å². The van der Waals surface area contributed by atoms with Crippen molar-refractivity contribution in [3.8, 4) is 5.69 Å². The van der Waals surface area contributed by atoms with Gasteiger partial charge in [0.15, 0.2) is 0 Å². The monoisotopic (exact) mass is 368 g/mol. The molecule has 0 saturated heterocycles. The van der Waals surface area contributed by atoms with E-state index in [4.69, 9.17) is 11.6 Å². The summed E-state index contributed by atoms with van der Waals surface area (Å²) >= 11 is 6.36. The van der Waals surface area contributed by atoms with E-state index < -0.39 is 6.17 Å². The van der Waals surface area contributed by atoms with E-state index in [1.807, 2.05) is 24.3 Å². The summed E-state index contributed by atoms with van der Waals surface area (Å²) in [5.74, 6) is 0.564. The fourth-order valence-electron chi connectivity index (χ4n) is 3.67. The van der Waals surface area contributed by atoms with Crippen LogP contribution in [0.4, 0.5) is 4.39 Å². The van der Waals surface area contributed by atoms with Crippen LogP contribution in [0.2, 0.25) is 5.02 Å². The van der Waals surface area contributed by atoms with Crippen LogP contribution in [0.25, 0.3) is 16.6 Å². The Kier molecular flexibility index (Phi) is 3.64. The SMILES string of the molecule is O=c1nc(CC2C[C@H]2F)c2ccc(C3CC3)cc2n1-c1ccccc1Cl. The zero-order valence-electron chi connectivity index (χ0n) is 14.2. The number of halogens is 2. The van der Waals surface area contributed by atoms with Gasteiger partial charge in [0.25, 0.3) is 0 Å². The first-order chi connectivity index (χ1) is 12.6. The van der Waals surface area contributed by atoms with E-state index in [9.17, 15) is 9.18 Å². The number of alkyl halides is 1. The Morgan fingerprint density at radius 2 is 1.96 bits per heavy atom. The molecule has 0 radical (unpaired) electrons. The molecule has 2 aromatic carbocycles. The molecular weight excluding hydrogens is 351 g/mol. The summed E-state index contributed by atoms with van der Waals surface area (Å²) in [5.41, 5.74) is 3.02. The van der Waals surface area contributed by atoms with Gasteiger partial charge in [-0.2, -0.15) is 4.98 Å². The van der Waals surface area contributed by atoms with Crippen LogP contribution in [-0.2, 0) is 6.42 Å². The van der Waals surface area contributed by atoms with Crippen LogP contribution in [0.5, 0.6) is 0 Å². The third-order valence-electron chi connectivity index (χ3n) is 5.43. The van der Waals surface area contributed by atoms with E-state index in [2.05, 4.69) is 17.1 Å². The Balaban J connectivity index is 1.76. The van der Waals surface area contributed by atoms with Crippen LogP contribution in [0.3, 0.4) is 0 Å². The summed E-state index contributed by atoms with van der Waals surface area (Å²) in [7, 11) is 0. The largest absolute Gasteiger partial charge is 0.352 e. The zero-order valence-corrected chi connectivity index (χ0v) is 14.9. The molecule has 2 aliphatic rings. The highest BCUT2D eigenvalue weighted by molar-refractivity contribution is 6.32. The van der Waals surface area contributed by atoms with Crippen LogP contribution in [0.15, 0.2) is 47.3 Å². The first-order valence-corrected chi connectivity index (χ1v) is 9.44. The Labute approximate surface area is 155 Å². The molecule has 3 aromatic rings. The molecule has 5 rings (SSSR count). The van der Waals surface area contributed by atoms with Gasteiger partial charge in [0.05, 0.1) is 21.9 Å². The van der Waals surface area contributed by atoms with Crippen LogP contribution >= 0.6 is 11.6 Å². The van der Waals surface area contributed by atoms with Gasteiger partial charge < -0.3 is 0 Å². The molecule has 0 aliphatic heterocycles. The highest BCUT2D eigenvalue weighted by Gasteiger charge is 2.38. The lowest BCUT2D eigenvalue weighted by molar-refractivity contribution is 0.444. The lowest BCUT2D eigenvalue weighted by Gasteiger charge is -2.15. The molecule has 1 unspecified atom stereocenters. The van der Waals surface area contributed by atoms with Crippen molar-refractivity contribution in [2.75, 3.05) is 0 Å². The standard InChI is InChI=1S/C21H18ClFN2O/c22-16-3-1-2-4-19(16)25-20-11-13(12-5-6-12)7-8-15(20)18(24-21(25)26)10-14-9-17(14)23/h1-4,7-8,11-12,14,17H,5-6,9-10H2/t14?,17-/m1/s1. The van der Waals surface area contributed by atoms with Crippen LogP contribution in [0, 0.1) is 5.92 Å². The van der Waals surface area contributed by atoms with E-state index >= 15 is 0 Å². The lowest BCUT2D eigenvalue weighted by Crippen LogP contribution is -2.24. The maximum atomic E-state index is 13.4. The molecule has 2 atom stereocenters. The Bertz CT molecular complexity index is 1070. The Morgan fingerprint density at radius 3 is 2.65 bits per heavy atom. The summed E-state index contributed by atoms with van der Waals surface area (Å²) in [6.45, 7) is 0. The van der Waals surface area contributed by atoms with Crippen molar-refractivity contribution < 1.29 is 4.39 Å². The van der Waals surface area contributed by atoms with Crippen molar-refractivity contribution >= 4 is 22.5 Å². The molecule has 0 N–H and O–H groups in total. The predicted octanol–water partition coefficient (Wildman–Crippen LogP) is 4.82. The summed E-state index contributed by atoms with van der Waals surface area (Å²) < 4.78 is 15.0. The van der Waals surface area contributed by atoms with Gasteiger partial charge >= 0.3 is 5.69 Å². The summed E-state index contributed by atoms with van der Waals surface area (Å²) in [6, 6.07) is 13.5. The topological polar surface area (TPSA) is 34.9 Å². The fraction of sp³-hybridized carbons (Fsp3) is 0.333. The highest BCUT2D eigenvalue weighted by atomic mass is 35.5. The number of hydrogen-bond acceptors (Lipinski definition) is 2. The highest BCUT2D eigenvalue weighted by Crippen LogP contribution is 2.42. The predicted molar refractivity (Wildman–Crippen MR) is 101 cm³/mol. The molecule has 1 aromatic heterocycles. The molecular formula is C21H18ClFN2O. The average Bonchev–Trinajstić information content (AvgIpc) is 3.54. The van der Waals surface area contributed by atoms with Gasteiger partial charge in [-0.3, -0.25) is 4.57 Å². The van der Waals surface area contributed by atoms with Crippen LogP contribution in [-0.4, -0.2) is 15.7 Å². The van der Waals surface area contributed by atoms with Crippen molar-refractivity contribution in [3.63, 3.8) is 0 Å². The average molecular weight is 369 g/mol. The molecule has 1 heterocycles. The fourth-order valence-corrected chi connectivity index (χ4v) is 3.89. The second-order valence-electron chi connectivity index (χ2n) is 7.39. The molecule has 0 spiro atoms. The van der Waals surface area contributed by atoms with E-state index in [0.717, 1.165) is 10.9 Å². The number of para-hydroxylation sites is 1. The lowest BCUT2D eigenvalue weighted by atomic mass is 10.0. The molecule has 2 fully saturated rings. The minimum atomic E-state index is -0.761. The van der Waals surface area contributed by atoms with Crippen molar-refractivity contribution in [3.05, 3.63) is 69.2 Å². The second kappa shape index (κ2) is 5.92. The quantitative estimate of drug-likeness (QED) is 0.662. The molecule has 2 saturated carbocycles. The third kappa shape index (κ3) is 2.73. The second-order valence-corrected chi connectivity index (χ2v) is 7.80. The summed E-state index contributed by atoms with van der Waals surface area (Å²) in [4.78, 5) is 17.2. The third-order valence-corrected chi connectivity index (χ3v) is 5.75. The number of aromatic nitrogens is 2. The normalized spacial score (nSPS) is 21.9. The zero-order chi connectivity index (χ0) is 17.8. The van der Waals surface area contributed by atoms with E-state index in [-0.39, 0.29) is 11.6 Å². The maximum Gasteiger partial charge on any atom is 0.352 e. The molecule has 132 valence electrons. The Hall–Kier alpha value is -2.20. The smallest absolute Gasteiger partial charge is 0.259 e. The minimum Gasteiger partial charge on any atom is -0.259 e. The van der Waals surface area contributed by atoms with E-state index in [1.54, 1.807) is 10.6 Å². The molecule has 2 aliphatic carbocycles. The van der Waals surface area contributed by atoms with Gasteiger partial charge in [0, 0.05) is 5.39 Å². The van der Waals surface area contributed by atoms with Crippen LogP contribution in [0.1, 0.15) is 36.4 Å². The summed E-state index contributed by atoms with van der Waals surface area (Å²) in [5, 5.41) is 1.42. The van der Waals surface area contributed by atoms with Gasteiger partial charge in [-0.15, -0.1) is 0 Å².